The van der Waals surface area contributed by atoms with Crippen molar-refractivity contribution in [1.29, 1.82) is 0 Å². The van der Waals surface area contributed by atoms with Crippen molar-refractivity contribution in [2.75, 3.05) is 13.2 Å². The minimum absolute atomic E-state index is 0.0535. The second-order valence-electron chi connectivity index (χ2n) is 9.18. The Hall–Kier alpha value is -3.15. The van der Waals surface area contributed by atoms with Crippen LogP contribution in [0.3, 0.4) is 0 Å². The molecule has 180 valence electrons. The Morgan fingerprint density at radius 3 is 2.12 bits per heavy atom. The van der Waals surface area contributed by atoms with Crippen molar-refractivity contribution < 1.29 is 19.1 Å². The van der Waals surface area contributed by atoms with Crippen LogP contribution in [0.4, 0.5) is 0 Å². The molecule has 0 spiro atoms. The number of rotatable bonds is 12. The van der Waals surface area contributed by atoms with Crippen LogP contribution in [0.25, 0.3) is 0 Å². The lowest BCUT2D eigenvalue weighted by Gasteiger charge is -2.26. The number of amides is 3. The van der Waals surface area contributed by atoms with Crippen molar-refractivity contribution in [3.8, 4) is 5.75 Å². The Bertz CT molecular complexity index is 984. The largest absolute Gasteiger partial charge is 0.493 e. The summed E-state index contributed by atoms with van der Waals surface area (Å²) in [5.41, 5.74) is 2.13. The highest BCUT2D eigenvalue weighted by Crippen LogP contribution is 2.31. The first-order chi connectivity index (χ1) is 16.6. The molecule has 34 heavy (non-hydrogen) atoms. The summed E-state index contributed by atoms with van der Waals surface area (Å²) >= 11 is 0. The zero-order valence-electron chi connectivity index (χ0n) is 19.8. The number of nitrogens with zero attached hydrogens (tertiary/aromatic N) is 1. The van der Waals surface area contributed by atoms with Crippen LogP contribution in [-0.2, 0) is 4.79 Å². The molecule has 6 heteroatoms. The van der Waals surface area contributed by atoms with Crippen LogP contribution in [0.15, 0.2) is 48.5 Å². The third-order valence-corrected chi connectivity index (χ3v) is 6.71. The van der Waals surface area contributed by atoms with E-state index in [0.717, 1.165) is 69.1 Å². The van der Waals surface area contributed by atoms with Crippen LogP contribution < -0.4 is 10.1 Å². The summed E-state index contributed by atoms with van der Waals surface area (Å²) in [4.78, 5) is 38.5. The number of fused-ring (bicyclic) bond motifs is 2. The molecule has 2 aromatic carbocycles. The third-order valence-electron chi connectivity index (χ3n) is 6.71. The molecule has 3 amide bonds. The Balaban J connectivity index is 1.02. The highest BCUT2D eigenvalue weighted by Gasteiger charge is 2.34. The van der Waals surface area contributed by atoms with E-state index in [0.29, 0.717) is 30.7 Å². The van der Waals surface area contributed by atoms with Gasteiger partial charge in [-0.1, -0.05) is 68.9 Å². The van der Waals surface area contributed by atoms with Gasteiger partial charge in [-0.05, 0) is 31.0 Å². The predicted octanol–water partition coefficient (Wildman–Crippen LogP) is 5.43. The summed E-state index contributed by atoms with van der Waals surface area (Å²) in [6, 6.07) is 15.0. The SMILES string of the molecule is O=C(CCCCCCCCCCN1C(=O)c2ccccc2C1=O)NC1CCOc2ccccc21. The zero-order chi connectivity index (χ0) is 23.8. The van der Waals surface area contributed by atoms with Gasteiger partial charge in [-0.15, -0.1) is 0 Å². The van der Waals surface area contributed by atoms with Crippen LogP contribution in [0.1, 0.15) is 96.5 Å². The van der Waals surface area contributed by atoms with E-state index in [1.165, 1.54) is 4.90 Å². The molecule has 1 N–H and O–H groups in total. The number of hydrogen-bond donors (Lipinski definition) is 1. The Kier molecular flexibility index (Phi) is 8.34. The molecule has 2 aromatic rings. The van der Waals surface area contributed by atoms with E-state index in [9.17, 15) is 14.4 Å². The van der Waals surface area contributed by atoms with Crippen LogP contribution in [-0.4, -0.2) is 35.8 Å². The average Bonchev–Trinajstić information content (AvgIpc) is 3.10. The number of nitrogens with one attached hydrogen (secondary N) is 1. The van der Waals surface area contributed by atoms with Gasteiger partial charge in [0.2, 0.25) is 5.91 Å². The molecule has 6 nitrogen and oxygen atoms in total. The molecule has 0 aromatic heterocycles. The summed E-state index contributed by atoms with van der Waals surface area (Å²) in [6.45, 7) is 1.14. The zero-order valence-corrected chi connectivity index (χ0v) is 19.8. The third kappa shape index (κ3) is 5.85. The van der Waals surface area contributed by atoms with Crippen LogP contribution in [0.5, 0.6) is 5.75 Å². The van der Waals surface area contributed by atoms with Gasteiger partial charge in [0.1, 0.15) is 5.75 Å². The highest BCUT2D eigenvalue weighted by atomic mass is 16.5. The number of para-hydroxylation sites is 1. The molecule has 0 saturated carbocycles. The minimum Gasteiger partial charge on any atom is -0.493 e. The monoisotopic (exact) mass is 462 g/mol. The smallest absolute Gasteiger partial charge is 0.261 e. The van der Waals surface area contributed by atoms with Gasteiger partial charge in [0.05, 0.1) is 23.8 Å². The molecule has 0 radical (unpaired) electrons. The van der Waals surface area contributed by atoms with E-state index in [1.54, 1.807) is 24.3 Å². The van der Waals surface area contributed by atoms with Gasteiger partial charge in [0.25, 0.3) is 11.8 Å². The molecule has 0 fully saturated rings. The quantitative estimate of drug-likeness (QED) is 0.337. The molecule has 1 atom stereocenters. The van der Waals surface area contributed by atoms with Gasteiger partial charge in [-0.25, -0.2) is 0 Å². The number of unbranched alkanes of at least 4 members (excludes halogenated alkanes) is 7. The fourth-order valence-electron chi connectivity index (χ4n) is 4.82. The maximum atomic E-state index is 12.4. The standard InChI is InChI=1S/C28H34N2O4/c31-26(29-24-18-20-34-25-16-11-10-15-23(24)25)17-7-5-3-1-2-4-6-12-19-30-27(32)21-13-8-9-14-22(21)28(30)33/h8-11,13-16,24H,1-7,12,17-20H2,(H,29,31). The lowest BCUT2D eigenvalue weighted by atomic mass is 10.00. The van der Waals surface area contributed by atoms with Gasteiger partial charge in [0.15, 0.2) is 0 Å². The van der Waals surface area contributed by atoms with E-state index < -0.39 is 0 Å². The molecule has 2 heterocycles. The first-order valence-corrected chi connectivity index (χ1v) is 12.6. The van der Waals surface area contributed by atoms with Gasteiger partial charge >= 0.3 is 0 Å². The Morgan fingerprint density at radius 1 is 0.824 bits per heavy atom. The van der Waals surface area contributed by atoms with E-state index >= 15 is 0 Å². The summed E-state index contributed by atoms with van der Waals surface area (Å²) < 4.78 is 5.66. The second-order valence-corrected chi connectivity index (χ2v) is 9.18. The maximum Gasteiger partial charge on any atom is 0.261 e. The number of benzene rings is 2. The van der Waals surface area contributed by atoms with Crippen LogP contribution >= 0.6 is 0 Å². The molecule has 2 aliphatic rings. The summed E-state index contributed by atoms with van der Waals surface area (Å²) in [5.74, 6) is 0.675. The molecule has 0 saturated heterocycles. The van der Waals surface area contributed by atoms with Crippen LogP contribution in [0, 0.1) is 0 Å². The second kappa shape index (κ2) is 11.8. The molecular weight excluding hydrogens is 428 g/mol. The van der Waals surface area contributed by atoms with Crippen molar-refractivity contribution in [3.05, 3.63) is 65.2 Å². The lowest BCUT2D eigenvalue weighted by molar-refractivity contribution is -0.122. The first kappa shape index (κ1) is 24.0. The molecule has 2 aliphatic heterocycles. The minimum atomic E-state index is -0.161. The lowest BCUT2D eigenvalue weighted by Crippen LogP contribution is -2.31. The number of hydrogen-bond acceptors (Lipinski definition) is 4. The topological polar surface area (TPSA) is 75.7 Å². The van der Waals surface area contributed by atoms with E-state index in [1.807, 2.05) is 24.3 Å². The summed E-state index contributed by atoms with van der Waals surface area (Å²) in [5, 5.41) is 3.16. The number of carbonyl (C=O) groups excluding carboxylic acids is 3. The number of carbonyl (C=O) groups is 3. The fraction of sp³-hybridized carbons (Fsp3) is 0.464. The van der Waals surface area contributed by atoms with Gasteiger partial charge in [0, 0.05) is 24.9 Å². The van der Waals surface area contributed by atoms with E-state index in [2.05, 4.69) is 5.32 Å². The highest BCUT2D eigenvalue weighted by molar-refractivity contribution is 6.21. The first-order valence-electron chi connectivity index (χ1n) is 12.6. The Morgan fingerprint density at radius 2 is 1.41 bits per heavy atom. The van der Waals surface area contributed by atoms with Crippen molar-refractivity contribution in [1.82, 2.24) is 10.2 Å². The van der Waals surface area contributed by atoms with Crippen molar-refractivity contribution >= 4 is 17.7 Å². The van der Waals surface area contributed by atoms with Crippen molar-refractivity contribution in [2.45, 2.75) is 70.3 Å². The average molecular weight is 463 g/mol. The number of ether oxygens (including phenoxy) is 1. The van der Waals surface area contributed by atoms with Gasteiger partial charge < -0.3 is 10.1 Å². The summed E-state index contributed by atoms with van der Waals surface area (Å²) in [7, 11) is 0. The predicted molar refractivity (Wildman–Crippen MR) is 131 cm³/mol. The van der Waals surface area contributed by atoms with Gasteiger partial charge in [-0.3, -0.25) is 19.3 Å². The Labute approximate surface area is 201 Å². The van der Waals surface area contributed by atoms with Gasteiger partial charge in [-0.2, -0.15) is 0 Å². The van der Waals surface area contributed by atoms with Crippen molar-refractivity contribution in [3.63, 3.8) is 0 Å². The number of imide groups is 1. The summed E-state index contributed by atoms with van der Waals surface area (Å²) in [6.07, 6.45) is 9.76. The van der Waals surface area contributed by atoms with E-state index in [4.69, 9.17) is 4.74 Å². The normalized spacial score (nSPS) is 16.7. The fourth-order valence-corrected chi connectivity index (χ4v) is 4.82. The molecule has 0 bridgehead atoms. The van der Waals surface area contributed by atoms with E-state index in [-0.39, 0.29) is 23.8 Å². The molecule has 1 unspecified atom stereocenters. The molecular formula is C28H34N2O4. The van der Waals surface area contributed by atoms with Crippen LogP contribution in [0.2, 0.25) is 0 Å². The molecule has 4 rings (SSSR count). The maximum absolute atomic E-state index is 12.4. The van der Waals surface area contributed by atoms with Crippen molar-refractivity contribution in [2.24, 2.45) is 0 Å². The molecule has 0 aliphatic carbocycles.